The molecule has 1 aliphatic heterocycles. The van der Waals surface area contributed by atoms with E-state index in [1.165, 1.54) is 10.6 Å². The van der Waals surface area contributed by atoms with Crippen LogP contribution in [-0.4, -0.2) is 65.3 Å². The molecular formula is C20H21N7O2S2. The number of thiazole rings is 1. The van der Waals surface area contributed by atoms with Crippen molar-refractivity contribution in [3.05, 3.63) is 48.9 Å². The Kier molecular flexibility index (Phi) is 5.08. The number of aromatic amines is 1. The number of benzene rings is 1. The van der Waals surface area contributed by atoms with Crippen molar-refractivity contribution in [2.45, 2.75) is 0 Å². The fraction of sp³-hybridized carbons (Fsp3) is 0.250. The molecule has 1 aliphatic rings. The zero-order chi connectivity index (χ0) is 21.4. The predicted octanol–water partition coefficient (Wildman–Crippen LogP) is 2.91. The third-order valence-electron chi connectivity index (χ3n) is 5.27. The standard InChI is InChI=1S/C20H21N7O2S2/c1-31(28,29)27-8-6-26(7-9-27)16-4-5-21-19(11-16)25-20-24-17-3-2-14(10-18(17)30-20)15-12-22-23-13-15/h2-5,10-13H,6-9H2,1H3,(H,22,23)(H,21,24,25). The van der Waals surface area contributed by atoms with Crippen molar-refractivity contribution in [3.63, 3.8) is 0 Å². The maximum atomic E-state index is 11.7. The smallest absolute Gasteiger partial charge is 0.211 e. The Labute approximate surface area is 183 Å². The first-order valence-electron chi connectivity index (χ1n) is 9.79. The van der Waals surface area contributed by atoms with E-state index in [0.29, 0.717) is 32.0 Å². The Morgan fingerprint density at radius 2 is 1.94 bits per heavy atom. The lowest BCUT2D eigenvalue weighted by molar-refractivity contribution is 0.388. The van der Waals surface area contributed by atoms with Crippen molar-refractivity contribution >= 4 is 48.2 Å². The molecular weight excluding hydrogens is 434 g/mol. The molecule has 0 spiro atoms. The summed E-state index contributed by atoms with van der Waals surface area (Å²) in [5.74, 6) is 0.706. The zero-order valence-corrected chi connectivity index (χ0v) is 18.4. The summed E-state index contributed by atoms with van der Waals surface area (Å²) in [5, 5.41) is 10.9. The SMILES string of the molecule is CS(=O)(=O)N1CCN(c2ccnc(Nc3nc4ccc(-c5cn[nH]c5)cc4s3)c2)CC1. The van der Waals surface area contributed by atoms with Crippen LogP contribution < -0.4 is 10.2 Å². The molecule has 1 fully saturated rings. The molecule has 0 atom stereocenters. The quantitative estimate of drug-likeness (QED) is 0.476. The van der Waals surface area contributed by atoms with E-state index in [1.807, 2.05) is 30.5 Å². The van der Waals surface area contributed by atoms with E-state index in [-0.39, 0.29) is 0 Å². The minimum atomic E-state index is -3.14. The van der Waals surface area contributed by atoms with Gasteiger partial charge in [0, 0.05) is 55.9 Å². The predicted molar refractivity (Wildman–Crippen MR) is 123 cm³/mol. The molecule has 0 saturated carbocycles. The highest BCUT2D eigenvalue weighted by Crippen LogP contribution is 2.32. The van der Waals surface area contributed by atoms with Crippen molar-refractivity contribution in [2.75, 3.05) is 42.7 Å². The summed E-state index contributed by atoms with van der Waals surface area (Å²) in [6.45, 7) is 2.27. The maximum absolute atomic E-state index is 11.7. The molecule has 5 rings (SSSR count). The molecule has 11 heteroatoms. The molecule has 0 radical (unpaired) electrons. The highest BCUT2D eigenvalue weighted by molar-refractivity contribution is 7.88. The van der Waals surface area contributed by atoms with Gasteiger partial charge >= 0.3 is 0 Å². The summed E-state index contributed by atoms with van der Waals surface area (Å²) < 4.78 is 26.0. The number of H-pyrrole nitrogens is 1. The largest absolute Gasteiger partial charge is 0.369 e. The first kappa shape index (κ1) is 19.9. The van der Waals surface area contributed by atoms with Gasteiger partial charge in [0.25, 0.3) is 0 Å². The molecule has 4 aromatic rings. The van der Waals surface area contributed by atoms with Crippen molar-refractivity contribution in [1.29, 1.82) is 0 Å². The molecule has 0 bridgehead atoms. The van der Waals surface area contributed by atoms with E-state index in [2.05, 4.69) is 36.4 Å². The molecule has 1 saturated heterocycles. The number of nitrogens with zero attached hydrogens (tertiary/aromatic N) is 5. The molecule has 0 aliphatic carbocycles. The fourth-order valence-electron chi connectivity index (χ4n) is 3.64. The second-order valence-corrected chi connectivity index (χ2v) is 10.4. The van der Waals surface area contributed by atoms with Gasteiger partial charge in [0.1, 0.15) is 5.82 Å². The highest BCUT2D eigenvalue weighted by Gasteiger charge is 2.23. The summed E-state index contributed by atoms with van der Waals surface area (Å²) in [4.78, 5) is 11.3. The van der Waals surface area contributed by atoms with E-state index < -0.39 is 10.0 Å². The molecule has 3 aromatic heterocycles. The molecule has 0 unspecified atom stereocenters. The molecule has 2 N–H and O–H groups in total. The highest BCUT2D eigenvalue weighted by atomic mass is 32.2. The number of piperazine rings is 1. The average Bonchev–Trinajstić information content (AvgIpc) is 3.42. The normalized spacial score (nSPS) is 15.5. The van der Waals surface area contributed by atoms with E-state index in [4.69, 9.17) is 0 Å². The van der Waals surface area contributed by atoms with Crippen molar-refractivity contribution in [3.8, 4) is 11.1 Å². The third-order valence-corrected chi connectivity index (χ3v) is 7.51. The van der Waals surface area contributed by atoms with Crippen molar-refractivity contribution in [1.82, 2.24) is 24.5 Å². The minimum absolute atomic E-state index is 0.487. The fourth-order valence-corrected chi connectivity index (χ4v) is 5.38. The van der Waals surface area contributed by atoms with Crippen LogP contribution in [-0.2, 0) is 10.0 Å². The van der Waals surface area contributed by atoms with E-state index >= 15 is 0 Å². The molecule has 160 valence electrons. The minimum Gasteiger partial charge on any atom is -0.369 e. The van der Waals surface area contributed by atoms with Crippen LogP contribution in [0.3, 0.4) is 0 Å². The number of fused-ring (bicyclic) bond motifs is 1. The van der Waals surface area contributed by atoms with Gasteiger partial charge in [-0.3, -0.25) is 5.10 Å². The van der Waals surface area contributed by atoms with E-state index in [0.717, 1.165) is 32.2 Å². The summed E-state index contributed by atoms with van der Waals surface area (Å²) in [6, 6.07) is 10.1. The molecule has 31 heavy (non-hydrogen) atoms. The number of hydrogen-bond acceptors (Lipinski definition) is 8. The number of anilines is 3. The van der Waals surface area contributed by atoms with Crippen LogP contribution in [0.25, 0.3) is 21.3 Å². The van der Waals surface area contributed by atoms with Gasteiger partial charge < -0.3 is 10.2 Å². The average molecular weight is 456 g/mol. The Hall–Kier alpha value is -3.02. The molecule has 0 amide bonds. The van der Waals surface area contributed by atoms with Gasteiger partial charge in [-0.05, 0) is 23.8 Å². The van der Waals surface area contributed by atoms with Crippen LogP contribution in [0.2, 0.25) is 0 Å². The first-order valence-corrected chi connectivity index (χ1v) is 12.4. The van der Waals surface area contributed by atoms with Gasteiger partial charge in [0.2, 0.25) is 10.0 Å². The summed E-state index contributed by atoms with van der Waals surface area (Å²) >= 11 is 1.57. The molecule has 4 heterocycles. The summed E-state index contributed by atoms with van der Waals surface area (Å²) in [5.41, 5.74) is 4.06. The van der Waals surface area contributed by atoms with Gasteiger partial charge in [0.15, 0.2) is 5.13 Å². The third kappa shape index (κ3) is 4.24. The van der Waals surface area contributed by atoms with Gasteiger partial charge in [-0.15, -0.1) is 0 Å². The van der Waals surface area contributed by atoms with Crippen LogP contribution in [0.5, 0.6) is 0 Å². The van der Waals surface area contributed by atoms with Crippen molar-refractivity contribution in [2.24, 2.45) is 0 Å². The molecule has 1 aromatic carbocycles. The maximum Gasteiger partial charge on any atom is 0.211 e. The Morgan fingerprint density at radius 1 is 1.10 bits per heavy atom. The van der Waals surface area contributed by atoms with Gasteiger partial charge in [0.05, 0.1) is 22.7 Å². The number of aromatic nitrogens is 4. The lowest BCUT2D eigenvalue weighted by Crippen LogP contribution is -2.48. The van der Waals surface area contributed by atoms with E-state index in [1.54, 1.807) is 23.7 Å². The van der Waals surface area contributed by atoms with Crippen LogP contribution in [0.4, 0.5) is 16.6 Å². The monoisotopic (exact) mass is 455 g/mol. The van der Waals surface area contributed by atoms with E-state index in [9.17, 15) is 8.42 Å². The second kappa shape index (κ2) is 7.91. The number of nitrogens with one attached hydrogen (secondary N) is 2. The van der Waals surface area contributed by atoms with Crippen LogP contribution in [0, 0.1) is 0 Å². The number of pyridine rings is 1. The van der Waals surface area contributed by atoms with Crippen LogP contribution in [0.15, 0.2) is 48.9 Å². The second-order valence-electron chi connectivity index (χ2n) is 7.36. The number of rotatable bonds is 5. The zero-order valence-electron chi connectivity index (χ0n) is 16.8. The Bertz CT molecular complexity index is 1310. The Morgan fingerprint density at radius 3 is 2.68 bits per heavy atom. The first-order chi connectivity index (χ1) is 15.0. The van der Waals surface area contributed by atoms with Crippen LogP contribution in [0.1, 0.15) is 0 Å². The van der Waals surface area contributed by atoms with Gasteiger partial charge in [-0.1, -0.05) is 17.4 Å². The van der Waals surface area contributed by atoms with Gasteiger partial charge in [-0.2, -0.15) is 9.40 Å². The molecule has 9 nitrogen and oxygen atoms in total. The lowest BCUT2D eigenvalue weighted by atomic mass is 10.1. The Balaban J connectivity index is 1.32. The number of sulfonamides is 1. The number of hydrogen-bond donors (Lipinski definition) is 2. The summed E-state index contributed by atoms with van der Waals surface area (Å²) in [6.07, 6.45) is 6.68. The van der Waals surface area contributed by atoms with Gasteiger partial charge in [-0.25, -0.2) is 18.4 Å². The van der Waals surface area contributed by atoms with Crippen molar-refractivity contribution < 1.29 is 8.42 Å². The van der Waals surface area contributed by atoms with Crippen LogP contribution >= 0.6 is 11.3 Å². The summed E-state index contributed by atoms with van der Waals surface area (Å²) in [7, 11) is -3.14. The lowest BCUT2D eigenvalue weighted by Gasteiger charge is -2.34. The topological polar surface area (TPSA) is 107 Å².